The molecule has 2 heterocycles. The molecule has 4 aromatic rings. The Bertz CT molecular complexity index is 2330. The summed E-state index contributed by atoms with van der Waals surface area (Å²) < 4.78 is 52.5. The smallest absolute Gasteiger partial charge is 0.245 e. The molecule has 0 spiro atoms. The van der Waals surface area contributed by atoms with E-state index in [2.05, 4.69) is 35.8 Å². The minimum atomic E-state index is -4.25. The quantitative estimate of drug-likeness (QED) is 0.0382. The Labute approximate surface area is 371 Å². The van der Waals surface area contributed by atoms with E-state index in [0.29, 0.717) is 47.6 Å². The van der Waals surface area contributed by atoms with Gasteiger partial charge in [-0.2, -0.15) is 4.31 Å². The molecule has 3 aliphatic rings. The van der Waals surface area contributed by atoms with Crippen molar-refractivity contribution in [1.82, 2.24) is 9.29 Å². The molecule has 6 unspecified atom stereocenters. The Morgan fingerprint density at radius 3 is 2.50 bits per heavy atom. The zero-order valence-corrected chi connectivity index (χ0v) is 38.0. The van der Waals surface area contributed by atoms with E-state index in [4.69, 9.17) is 24.2 Å². The van der Waals surface area contributed by atoms with Crippen molar-refractivity contribution >= 4 is 38.4 Å². The number of hydrogen-bond acceptors (Lipinski definition) is 11. The van der Waals surface area contributed by atoms with E-state index in [-0.39, 0.29) is 48.9 Å². The van der Waals surface area contributed by atoms with Gasteiger partial charge in [-0.1, -0.05) is 66.5 Å². The van der Waals surface area contributed by atoms with Crippen LogP contribution in [-0.4, -0.2) is 90.3 Å². The number of ether oxygens (including phenoxy) is 3. The van der Waals surface area contributed by atoms with Crippen molar-refractivity contribution in [1.29, 1.82) is 0 Å². The van der Waals surface area contributed by atoms with E-state index < -0.39 is 33.4 Å². The van der Waals surface area contributed by atoms with Gasteiger partial charge in [-0.3, -0.25) is 4.98 Å². The first-order valence-corrected chi connectivity index (χ1v) is 24.2. The summed E-state index contributed by atoms with van der Waals surface area (Å²) in [5.74, 6) is -0.184. The number of pyridine rings is 1. The lowest BCUT2D eigenvalue weighted by molar-refractivity contribution is -0.250. The second-order valence-corrected chi connectivity index (χ2v) is 20.5. The molecule has 11 nitrogen and oxygen atoms in total. The maximum Gasteiger partial charge on any atom is 0.245 e. The normalized spacial score (nSPS) is 24.0. The van der Waals surface area contributed by atoms with Gasteiger partial charge in [-0.05, 0) is 106 Å². The number of rotatable bonds is 20. The predicted octanol–water partition coefficient (Wildman–Crippen LogP) is 9.16. The molecule has 2 aliphatic carbocycles. The molecule has 1 aliphatic heterocycles. The Kier molecular flexibility index (Phi) is 14.8. The third kappa shape index (κ3) is 9.78. The lowest BCUT2D eigenvalue weighted by Crippen LogP contribution is -2.69. The maximum absolute atomic E-state index is 15.2. The Morgan fingerprint density at radius 2 is 1.76 bits per heavy atom. The molecule has 62 heavy (non-hydrogen) atoms. The van der Waals surface area contributed by atoms with Crippen LogP contribution in [0, 0.1) is 17.8 Å². The number of fused-ring (bicyclic) bond motifs is 3. The minimum absolute atomic E-state index is 0.0277. The number of nitrogens with zero attached hydrogens (tertiary/aromatic N) is 3. The molecular formula is C49H61N3O8S2. The summed E-state index contributed by atoms with van der Waals surface area (Å²) in [5.41, 5.74) is 2.23. The fraction of sp³-hybridized carbons (Fsp3) is 0.469. The molecular weight excluding hydrogens is 823 g/mol. The lowest BCUT2D eigenvalue weighted by Gasteiger charge is -2.59. The number of likely N-dealkylation sites (N-methyl/N-ethyl adjacent to an activating group) is 1. The molecule has 0 saturated heterocycles. The number of allylic oxidation sites excluding steroid dienone is 1. The molecule has 3 aromatic carbocycles. The zero-order chi connectivity index (χ0) is 43.9. The minimum Gasteiger partial charge on any atom is -0.493 e. The standard InChI is InChI=1S/C49H61N3O8S2/c1-6-28-58-49-44(52(5)62(55,56)43-22-14-17-34-18-15-25-50-47(34)43)33-41(51-60-48(2,3)4)39-31-35(16-10-12-26-53)38(21-11-13-27-54)45(46(39)49)40-32-36(23-24-42(40)59-49)57-29-30-61-37-19-8-7-9-20-37/h6-9,14-15,17-20,22-25,31-32,35,38,44-46,53-54H,1,10-13,16,21,26-30,33H2,2-5H3. The highest BCUT2D eigenvalue weighted by molar-refractivity contribution is 7.99. The highest BCUT2D eigenvalue weighted by Crippen LogP contribution is 2.62. The number of unbranched alkanes of at least 4 members (excludes halogenated alkanes) is 2. The van der Waals surface area contributed by atoms with Crippen molar-refractivity contribution in [3.05, 3.63) is 115 Å². The second kappa shape index (κ2) is 20.1. The van der Waals surface area contributed by atoms with E-state index in [1.807, 2.05) is 63.2 Å². The number of thioether (sulfide) groups is 1. The number of oxime groups is 1. The van der Waals surface area contributed by atoms with Crippen molar-refractivity contribution < 1.29 is 37.7 Å². The summed E-state index contributed by atoms with van der Waals surface area (Å²) in [6, 6.07) is 24.1. The van der Waals surface area contributed by atoms with Crippen LogP contribution in [0.3, 0.4) is 0 Å². The van der Waals surface area contributed by atoms with Crippen LogP contribution < -0.4 is 9.47 Å². The molecule has 0 amide bonds. The van der Waals surface area contributed by atoms with E-state index in [0.717, 1.165) is 42.6 Å². The second-order valence-electron chi connectivity index (χ2n) is 17.3. The number of aliphatic hydroxyl groups excluding tert-OH is 2. The van der Waals surface area contributed by atoms with Gasteiger partial charge in [-0.25, -0.2) is 8.42 Å². The van der Waals surface area contributed by atoms with Gasteiger partial charge in [0.25, 0.3) is 0 Å². The van der Waals surface area contributed by atoms with Gasteiger partial charge in [0, 0.05) is 60.4 Å². The van der Waals surface area contributed by atoms with Crippen molar-refractivity contribution in [2.24, 2.45) is 22.9 Å². The van der Waals surface area contributed by atoms with Gasteiger partial charge in [0.2, 0.25) is 15.8 Å². The monoisotopic (exact) mass is 883 g/mol. The summed E-state index contributed by atoms with van der Waals surface area (Å²) in [7, 11) is -2.65. The SMILES string of the molecule is C=CCOC12Oc3ccc(OCCSc4ccccc4)cc3C3C(CCCCO)C(CCCCO)C=C(C(=NOC(C)(C)C)CC1N(C)S(=O)(=O)c1cccc4cccnc14)C32. The Balaban J connectivity index is 1.40. The van der Waals surface area contributed by atoms with E-state index in [1.165, 1.54) is 9.20 Å². The fourth-order valence-electron chi connectivity index (χ4n) is 9.43. The molecule has 0 bridgehead atoms. The molecule has 2 N–H and O–H groups in total. The van der Waals surface area contributed by atoms with Gasteiger partial charge >= 0.3 is 0 Å². The van der Waals surface area contributed by atoms with E-state index in [9.17, 15) is 10.2 Å². The van der Waals surface area contributed by atoms with Gasteiger partial charge < -0.3 is 29.3 Å². The summed E-state index contributed by atoms with van der Waals surface area (Å²) in [6.07, 6.45) is 10.2. The first-order chi connectivity index (χ1) is 29.9. The number of para-hydroxylation sites is 1. The van der Waals surface area contributed by atoms with Crippen LogP contribution in [-0.2, 0) is 19.6 Å². The Morgan fingerprint density at radius 1 is 1.00 bits per heavy atom. The van der Waals surface area contributed by atoms with Crippen LogP contribution in [0.15, 0.2) is 124 Å². The molecule has 7 rings (SSSR count). The molecule has 13 heteroatoms. The topological polar surface area (TPSA) is 140 Å². The number of benzene rings is 3. The van der Waals surface area contributed by atoms with Gasteiger partial charge in [-0.15, -0.1) is 18.3 Å². The summed E-state index contributed by atoms with van der Waals surface area (Å²) in [6.45, 7) is 10.6. The van der Waals surface area contributed by atoms with Crippen molar-refractivity contribution in [2.75, 3.05) is 39.2 Å². The Hall–Kier alpha value is -4.24. The van der Waals surface area contributed by atoms with Crippen molar-refractivity contribution in [3.8, 4) is 11.5 Å². The molecule has 332 valence electrons. The largest absolute Gasteiger partial charge is 0.493 e. The average Bonchev–Trinajstić information content (AvgIpc) is 3.27. The first kappa shape index (κ1) is 45.8. The summed E-state index contributed by atoms with van der Waals surface area (Å²) >= 11 is 1.73. The average molecular weight is 884 g/mol. The van der Waals surface area contributed by atoms with Crippen molar-refractivity contribution in [2.45, 2.75) is 98.9 Å². The number of hydrogen-bond donors (Lipinski definition) is 2. The first-order valence-electron chi connectivity index (χ1n) is 21.8. The van der Waals surface area contributed by atoms with Gasteiger partial charge in [0.15, 0.2) is 0 Å². The van der Waals surface area contributed by atoms with Crippen LogP contribution in [0.5, 0.6) is 11.5 Å². The van der Waals surface area contributed by atoms with Crippen LogP contribution in [0.1, 0.15) is 77.2 Å². The van der Waals surface area contributed by atoms with Crippen molar-refractivity contribution in [3.63, 3.8) is 0 Å². The van der Waals surface area contributed by atoms with Gasteiger partial charge in [0.05, 0.1) is 36.4 Å². The molecule has 0 radical (unpaired) electrons. The zero-order valence-electron chi connectivity index (χ0n) is 36.3. The summed E-state index contributed by atoms with van der Waals surface area (Å²) in [5, 5.41) is 25.5. The highest BCUT2D eigenvalue weighted by Gasteiger charge is 2.65. The number of sulfonamides is 1. The van der Waals surface area contributed by atoms with Crippen LogP contribution in [0.2, 0.25) is 0 Å². The molecule has 1 fully saturated rings. The number of aromatic nitrogens is 1. The third-order valence-electron chi connectivity index (χ3n) is 12.1. The van der Waals surface area contributed by atoms with E-state index in [1.54, 1.807) is 49.3 Å². The lowest BCUT2D eigenvalue weighted by atomic mass is 9.55. The molecule has 1 saturated carbocycles. The van der Waals surface area contributed by atoms with Gasteiger partial charge in [0.1, 0.15) is 22.0 Å². The predicted molar refractivity (Wildman–Crippen MR) is 245 cm³/mol. The fourth-order valence-corrected chi connectivity index (χ4v) is 11.7. The highest BCUT2D eigenvalue weighted by atomic mass is 32.2. The maximum atomic E-state index is 15.2. The van der Waals surface area contributed by atoms with E-state index >= 15 is 8.42 Å². The van der Waals surface area contributed by atoms with Crippen LogP contribution >= 0.6 is 11.8 Å². The number of aliphatic hydroxyl groups is 2. The third-order valence-corrected chi connectivity index (χ3v) is 15.0. The van der Waals surface area contributed by atoms with Crippen LogP contribution in [0.25, 0.3) is 10.9 Å². The molecule has 6 atom stereocenters. The molecule has 1 aromatic heterocycles. The van der Waals surface area contributed by atoms with Crippen LogP contribution in [0.4, 0.5) is 0 Å². The summed E-state index contributed by atoms with van der Waals surface area (Å²) in [4.78, 5) is 12.0.